The molecule has 1 fully saturated rings. The number of aryl methyl sites for hydroxylation is 1. The van der Waals surface area contributed by atoms with Gasteiger partial charge in [-0.05, 0) is 29.3 Å². The highest BCUT2D eigenvalue weighted by molar-refractivity contribution is 9.10. The first-order valence-electron chi connectivity index (χ1n) is 7.73. The highest BCUT2D eigenvalue weighted by Gasteiger charge is 2.31. The normalized spacial score (nSPS) is 22.8. The minimum atomic E-state index is -0.0447. The van der Waals surface area contributed by atoms with E-state index in [-0.39, 0.29) is 24.0 Å². The molecule has 1 unspecified atom stereocenters. The predicted octanol–water partition coefficient (Wildman–Crippen LogP) is 1.38. The van der Waals surface area contributed by atoms with E-state index in [9.17, 15) is 4.79 Å². The maximum Gasteiger partial charge on any atom is 0.220 e. The lowest BCUT2D eigenvalue weighted by molar-refractivity contribution is -0.124. The average molecular weight is 381 g/mol. The molecule has 1 aliphatic heterocycles. The summed E-state index contributed by atoms with van der Waals surface area (Å²) in [4.78, 5) is 11.8. The second-order valence-corrected chi connectivity index (χ2v) is 7.00. The van der Waals surface area contributed by atoms with Crippen LogP contribution in [0.4, 0.5) is 0 Å². The average Bonchev–Trinajstić information content (AvgIpc) is 3.09. The zero-order chi connectivity index (χ0) is 16.4. The molecular formula is C15H21BrN6O. The van der Waals surface area contributed by atoms with Gasteiger partial charge in [-0.3, -0.25) is 14.2 Å². The third-order valence-corrected chi connectivity index (χ3v) is 4.46. The summed E-state index contributed by atoms with van der Waals surface area (Å²) in [5.41, 5.74) is 1.03. The number of carbonyl (C=O) groups is 1. The van der Waals surface area contributed by atoms with Crippen LogP contribution >= 0.6 is 15.9 Å². The number of hydrogen-bond donors (Lipinski definition) is 2. The molecule has 0 radical (unpaired) electrons. The van der Waals surface area contributed by atoms with Gasteiger partial charge in [0.25, 0.3) is 0 Å². The maximum atomic E-state index is 11.8. The third-order valence-electron chi connectivity index (χ3n) is 4.05. The Balaban J connectivity index is 1.67. The summed E-state index contributed by atoms with van der Waals surface area (Å²) in [5.74, 6) is 0.0977. The van der Waals surface area contributed by atoms with Gasteiger partial charge in [0, 0.05) is 43.5 Å². The van der Waals surface area contributed by atoms with Crippen LogP contribution in [0, 0.1) is 0 Å². The molecule has 3 atom stereocenters. The van der Waals surface area contributed by atoms with Gasteiger partial charge in [0.2, 0.25) is 5.91 Å². The smallest absolute Gasteiger partial charge is 0.220 e. The van der Waals surface area contributed by atoms with Crippen LogP contribution in [0.25, 0.3) is 0 Å². The summed E-state index contributed by atoms with van der Waals surface area (Å²) in [6.07, 6.45) is 8.89. The van der Waals surface area contributed by atoms with E-state index >= 15 is 0 Å². The lowest BCUT2D eigenvalue weighted by atomic mass is 9.93. The van der Waals surface area contributed by atoms with E-state index < -0.39 is 0 Å². The summed E-state index contributed by atoms with van der Waals surface area (Å²) in [6, 6.07) is 0.378. The molecule has 1 saturated heterocycles. The van der Waals surface area contributed by atoms with Crippen molar-refractivity contribution in [1.29, 1.82) is 0 Å². The topological polar surface area (TPSA) is 76.8 Å². The molecule has 3 heterocycles. The SMILES string of the molecule is CC(Cn1cc(Br)cn1)N[C@@H]1CCC(=O)N[C@H]1c1cnn(C)c1. The molecule has 0 spiro atoms. The Labute approximate surface area is 143 Å². The van der Waals surface area contributed by atoms with Crippen molar-refractivity contribution in [2.24, 2.45) is 7.05 Å². The van der Waals surface area contributed by atoms with Crippen LogP contribution in [0.2, 0.25) is 0 Å². The molecule has 1 aliphatic rings. The van der Waals surface area contributed by atoms with Gasteiger partial charge in [0.15, 0.2) is 0 Å². The Morgan fingerprint density at radius 2 is 2.26 bits per heavy atom. The molecule has 124 valence electrons. The minimum Gasteiger partial charge on any atom is -0.348 e. The van der Waals surface area contributed by atoms with Crippen LogP contribution in [0.3, 0.4) is 0 Å². The highest BCUT2D eigenvalue weighted by Crippen LogP contribution is 2.24. The van der Waals surface area contributed by atoms with Gasteiger partial charge >= 0.3 is 0 Å². The van der Waals surface area contributed by atoms with Crippen molar-refractivity contribution in [2.45, 2.75) is 44.4 Å². The van der Waals surface area contributed by atoms with Gasteiger partial charge < -0.3 is 10.6 Å². The molecule has 0 aromatic carbocycles. The summed E-state index contributed by atoms with van der Waals surface area (Å²) < 4.78 is 4.64. The molecule has 0 bridgehead atoms. The predicted molar refractivity (Wildman–Crippen MR) is 89.6 cm³/mol. The van der Waals surface area contributed by atoms with Gasteiger partial charge in [0.05, 0.1) is 29.5 Å². The van der Waals surface area contributed by atoms with Crippen molar-refractivity contribution in [1.82, 2.24) is 30.2 Å². The number of carbonyl (C=O) groups excluding carboxylic acids is 1. The third kappa shape index (κ3) is 4.00. The minimum absolute atomic E-state index is 0.0447. The Hall–Kier alpha value is -1.67. The van der Waals surface area contributed by atoms with Crippen LogP contribution < -0.4 is 10.6 Å². The Kier molecular flexibility index (Phi) is 4.82. The van der Waals surface area contributed by atoms with E-state index in [1.165, 1.54) is 0 Å². The van der Waals surface area contributed by atoms with E-state index in [2.05, 4.69) is 43.7 Å². The van der Waals surface area contributed by atoms with Crippen LogP contribution in [0.5, 0.6) is 0 Å². The first-order valence-corrected chi connectivity index (χ1v) is 8.52. The highest BCUT2D eigenvalue weighted by atomic mass is 79.9. The maximum absolute atomic E-state index is 11.8. The van der Waals surface area contributed by atoms with Gasteiger partial charge in [-0.15, -0.1) is 0 Å². The molecule has 2 N–H and O–H groups in total. The second-order valence-electron chi connectivity index (χ2n) is 6.09. The number of nitrogens with one attached hydrogen (secondary N) is 2. The molecule has 0 saturated carbocycles. The van der Waals surface area contributed by atoms with Crippen molar-refractivity contribution in [2.75, 3.05) is 0 Å². The lowest BCUT2D eigenvalue weighted by Gasteiger charge is -2.34. The zero-order valence-corrected chi connectivity index (χ0v) is 14.8. The first kappa shape index (κ1) is 16.2. The van der Waals surface area contributed by atoms with E-state index in [1.54, 1.807) is 10.9 Å². The van der Waals surface area contributed by atoms with E-state index in [1.807, 2.05) is 30.3 Å². The number of nitrogens with zero attached hydrogens (tertiary/aromatic N) is 4. The summed E-state index contributed by atoms with van der Waals surface area (Å²) in [7, 11) is 1.88. The summed E-state index contributed by atoms with van der Waals surface area (Å²) in [6.45, 7) is 2.90. The van der Waals surface area contributed by atoms with Crippen molar-refractivity contribution in [3.63, 3.8) is 0 Å². The number of rotatable bonds is 5. The second kappa shape index (κ2) is 6.84. The van der Waals surface area contributed by atoms with Crippen LogP contribution in [-0.2, 0) is 18.4 Å². The number of halogens is 1. The van der Waals surface area contributed by atoms with Crippen LogP contribution in [-0.4, -0.2) is 37.6 Å². The fourth-order valence-corrected chi connectivity index (χ4v) is 3.36. The van der Waals surface area contributed by atoms with Crippen molar-refractivity contribution < 1.29 is 4.79 Å². The fraction of sp³-hybridized carbons (Fsp3) is 0.533. The van der Waals surface area contributed by atoms with Crippen molar-refractivity contribution >= 4 is 21.8 Å². The molecule has 2 aromatic heterocycles. The number of piperidine rings is 1. The first-order chi connectivity index (χ1) is 11.0. The number of hydrogen-bond acceptors (Lipinski definition) is 4. The zero-order valence-electron chi connectivity index (χ0n) is 13.2. The monoisotopic (exact) mass is 380 g/mol. The van der Waals surface area contributed by atoms with Gasteiger partial charge in [-0.25, -0.2) is 0 Å². The quantitative estimate of drug-likeness (QED) is 0.821. The number of amides is 1. The molecular weight excluding hydrogens is 360 g/mol. The Bertz CT molecular complexity index is 681. The Morgan fingerprint density at radius 3 is 2.91 bits per heavy atom. The molecule has 2 aromatic rings. The molecule has 3 rings (SSSR count). The standard InChI is InChI=1S/C15H21BrN6O/c1-10(7-22-9-12(16)6-18-22)19-13-3-4-14(23)20-15(13)11-5-17-21(2)8-11/h5-6,8-10,13,15,19H,3-4,7H2,1-2H3,(H,20,23)/t10?,13-,15+/m1/s1. The van der Waals surface area contributed by atoms with E-state index in [4.69, 9.17) is 0 Å². The van der Waals surface area contributed by atoms with Crippen LogP contribution in [0.15, 0.2) is 29.3 Å². The van der Waals surface area contributed by atoms with Gasteiger partial charge in [-0.2, -0.15) is 10.2 Å². The van der Waals surface area contributed by atoms with Gasteiger partial charge in [0.1, 0.15) is 0 Å². The van der Waals surface area contributed by atoms with Crippen LogP contribution in [0.1, 0.15) is 31.4 Å². The summed E-state index contributed by atoms with van der Waals surface area (Å²) >= 11 is 3.41. The Morgan fingerprint density at radius 1 is 1.43 bits per heavy atom. The largest absolute Gasteiger partial charge is 0.348 e. The van der Waals surface area contributed by atoms with Crippen molar-refractivity contribution in [3.05, 3.63) is 34.8 Å². The molecule has 7 nitrogen and oxygen atoms in total. The molecule has 1 amide bonds. The summed E-state index contributed by atoms with van der Waals surface area (Å²) in [5, 5.41) is 15.2. The van der Waals surface area contributed by atoms with Crippen molar-refractivity contribution in [3.8, 4) is 0 Å². The van der Waals surface area contributed by atoms with E-state index in [0.29, 0.717) is 6.42 Å². The van der Waals surface area contributed by atoms with Gasteiger partial charge in [-0.1, -0.05) is 0 Å². The fourth-order valence-electron chi connectivity index (χ4n) is 3.03. The molecule has 8 heteroatoms. The lowest BCUT2D eigenvalue weighted by Crippen LogP contribution is -2.51. The number of aromatic nitrogens is 4. The van der Waals surface area contributed by atoms with E-state index in [0.717, 1.165) is 23.0 Å². The molecule has 23 heavy (non-hydrogen) atoms. The molecule has 0 aliphatic carbocycles.